The summed E-state index contributed by atoms with van der Waals surface area (Å²) in [7, 11) is 0. The number of rotatable bonds is 5. The van der Waals surface area contributed by atoms with Crippen molar-refractivity contribution < 1.29 is 4.79 Å². The van der Waals surface area contributed by atoms with Gasteiger partial charge in [0, 0.05) is 23.9 Å². The molecule has 148 valence electrons. The molecule has 5 heterocycles. The monoisotopic (exact) mass is 417 g/mol. The third kappa shape index (κ3) is 3.08. The maximum atomic E-state index is 12.0. The van der Waals surface area contributed by atoms with Gasteiger partial charge in [-0.25, -0.2) is 9.50 Å². The van der Waals surface area contributed by atoms with E-state index in [1.165, 1.54) is 11.8 Å². The van der Waals surface area contributed by atoms with E-state index in [4.69, 9.17) is 0 Å². The Hall–Kier alpha value is -3.73. The Balaban J connectivity index is 1.29. The highest BCUT2D eigenvalue weighted by atomic mass is 32.2. The fourth-order valence-corrected chi connectivity index (χ4v) is 3.94. The minimum atomic E-state index is 0.0241. The molecule has 0 bridgehead atoms. The van der Waals surface area contributed by atoms with Crippen LogP contribution >= 0.6 is 11.8 Å². The molecule has 1 saturated carbocycles. The van der Waals surface area contributed by atoms with Crippen LogP contribution in [-0.2, 0) is 4.79 Å². The van der Waals surface area contributed by atoms with Gasteiger partial charge in [-0.2, -0.15) is 10.2 Å². The molecule has 0 radical (unpaired) electrons. The molecule has 0 saturated heterocycles. The van der Waals surface area contributed by atoms with E-state index in [2.05, 4.69) is 35.8 Å². The van der Waals surface area contributed by atoms with Crippen molar-refractivity contribution in [1.82, 2.24) is 39.4 Å². The Morgan fingerprint density at radius 2 is 2.00 bits per heavy atom. The van der Waals surface area contributed by atoms with Crippen LogP contribution in [0.15, 0.2) is 59.1 Å². The maximum Gasteiger partial charge on any atom is 0.228 e. The second-order valence-electron chi connectivity index (χ2n) is 7.06. The largest absolute Gasteiger partial charge is 0.309 e. The molecule has 30 heavy (non-hydrogen) atoms. The Kier molecular flexibility index (Phi) is 3.81. The van der Waals surface area contributed by atoms with Gasteiger partial charge in [-0.05, 0) is 54.9 Å². The summed E-state index contributed by atoms with van der Waals surface area (Å²) in [5, 5.41) is 24.4. The lowest BCUT2D eigenvalue weighted by Crippen LogP contribution is -2.13. The zero-order valence-electron chi connectivity index (χ0n) is 15.6. The van der Waals surface area contributed by atoms with Gasteiger partial charge in [-0.3, -0.25) is 14.3 Å². The summed E-state index contributed by atoms with van der Waals surface area (Å²) >= 11 is 1.40. The maximum absolute atomic E-state index is 12.0. The van der Waals surface area contributed by atoms with Gasteiger partial charge >= 0.3 is 0 Å². The molecule has 0 unspecified atom stereocenters. The average Bonchev–Trinajstić information content (AvgIpc) is 3.14. The second kappa shape index (κ2) is 6.66. The highest BCUT2D eigenvalue weighted by Gasteiger charge is 2.30. The highest BCUT2D eigenvalue weighted by molar-refractivity contribution is 7.99. The SMILES string of the molecule is O=C(Nc1cn2nc(Sc3nnc4ccc(-c5ccn[nH]5)cn34)ccc2n1)C1CC1. The lowest BCUT2D eigenvalue weighted by molar-refractivity contribution is -0.117. The number of nitrogens with zero attached hydrogens (tertiary/aromatic N) is 7. The van der Waals surface area contributed by atoms with Gasteiger partial charge in [-0.15, -0.1) is 10.2 Å². The van der Waals surface area contributed by atoms with Crippen LogP contribution in [0.5, 0.6) is 0 Å². The first-order chi connectivity index (χ1) is 14.7. The van der Waals surface area contributed by atoms with Crippen LogP contribution in [0.25, 0.3) is 22.6 Å². The smallest absolute Gasteiger partial charge is 0.228 e. The summed E-state index contributed by atoms with van der Waals surface area (Å²) in [6.45, 7) is 0. The van der Waals surface area contributed by atoms with E-state index in [9.17, 15) is 4.79 Å². The van der Waals surface area contributed by atoms with E-state index in [1.807, 2.05) is 40.9 Å². The van der Waals surface area contributed by atoms with Gasteiger partial charge in [-0.1, -0.05) is 0 Å². The number of H-pyrrole nitrogens is 1. The fraction of sp³-hybridized carbons (Fsp3) is 0.158. The third-order valence-corrected chi connectivity index (χ3v) is 5.76. The zero-order chi connectivity index (χ0) is 20.1. The summed E-state index contributed by atoms with van der Waals surface area (Å²) in [6.07, 6.45) is 7.30. The first kappa shape index (κ1) is 17.2. The summed E-state index contributed by atoms with van der Waals surface area (Å²) in [6, 6.07) is 9.53. The number of carbonyl (C=O) groups is 1. The van der Waals surface area contributed by atoms with Crippen LogP contribution < -0.4 is 5.32 Å². The predicted octanol–water partition coefficient (Wildman–Crippen LogP) is 2.66. The molecule has 10 nitrogen and oxygen atoms in total. The van der Waals surface area contributed by atoms with E-state index in [1.54, 1.807) is 16.9 Å². The van der Waals surface area contributed by atoms with Crippen molar-refractivity contribution in [2.75, 3.05) is 5.32 Å². The van der Waals surface area contributed by atoms with Crippen molar-refractivity contribution in [2.45, 2.75) is 23.0 Å². The number of aromatic nitrogens is 8. The molecule has 0 aromatic carbocycles. The molecule has 1 aliphatic rings. The molecule has 6 rings (SSSR count). The lowest BCUT2D eigenvalue weighted by atomic mass is 10.2. The van der Waals surface area contributed by atoms with Crippen LogP contribution in [0, 0.1) is 5.92 Å². The molecular weight excluding hydrogens is 402 g/mol. The minimum absolute atomic E-state index is 0.0241. The van der Waals surface area contributed by atoms with E-state index >= 15 is 0 Å². The fourth-order valence-electron chi connectivity index (χ4n) is 3.16. The number of pyridine rings is 1. The molecule has 1 aliphatic carbocycles. The molecule has 1 fully saturated rings. The lowest BCUT2D eigenvalue weighted by Gasteiger charge is -2.02. The van der Waals surface area contributed by atoms with Gasteiger partial charge in [0.2, 0.25) is 11.1 Å². The number of imidazole rings is 1. The van der Waals surface area contributed by atoms with Crippen molar-refractivity contribution in [3.63, 3.8) is 0 Å². The Bertz CT molecular complexity index is 1380. The number of anilines is 1. The van der Waals surface area contributed by atoms with Crippen LogP contribution in [0.4, 0.5) is 5.82 Å². The third-order valence-electron chi connectivity index (χ3n) is 4.87. The Morgan fingerprint density at radius 3 is 2.83 bits per heavy atom. The Morgan fingerprint density at radius 1 is 1.10 bits per heavy atom. The molecule has 0 atom stereocenters. The molecule has 5 aromatic rings. The van der Waals surface area contributed by atoms with E-state index in [0.717, 1.165) is 34.8 Å². The molecule has 0 spiro atoms. The molecule has 5 aromatic heterocycles. The van der Waals surface area contributed by atoms with E-state index in [0.29, 0.717) is 16.6 Å². The number of hydrogen-bond donors (Lipinski definition) is 2. The van der Waals surface area contributed by atoms with Crippen LogP contribution in [0.1, 0.15) is 12.8 Å². The molecule has 11 heteroatoms. The van der Waals surface area contributed by atoms with Crippen LogP contribution in [0.3, 0.4) is 0 Å². The van der Waals surface area contributed by atoms with Gasteiger partial charge in [0.25, 0.3) is 0 Å². The summed E-state index contributed by atoms with van der Waals surface area (Å²) in [5.74, 6) is 0.663. The summed E-state index contributed by atoms with van der Waals surface area (Å²) in [5.41, 5.74) is 3.31. The normalized spacial score (nSPS) is 13.9. The topological polar surface area (TPSA) is 118 Å². The molecule has 1 amide bonds. The second-order valence-corrected chi connectivity index (χ2v) is 8.05. The number of aromatic amines is 1. The summed E-state index contributed by atoms with van der Waals surface area (Å²) < 4.78 is 3.58. The first-order valence-electron chi connectivity index (χ1n) is 9.43. The van der Waals surface area contributed by atoms with Crippen molar-refractivity contribution >= 4 is 34.8 Å². The average molecular weight is 417 g/mol. The number of nitrogens with one attached hydrogen (secondary N) is 2. The molecule has 0 aliphatic heterocycles. The minimum Gasteiger partial charge on any atom is -0.309 e. The number of carbonyl (C=O) groups excluding carboxylic acids is 1. The van der Waals surface area contributed by atoms with Gasteiger partial charge in [0.15, 0.2) is 17.1 Å². The van der Waals surface area contributed by atoms with Crippen molar-refractivity contribution in [1.29, 1.82) is 0 Å². The van der Waals surface area contributed by atoms with Gasteiger partial charge < -0.3 is 5.32 Å². The highest BCUT2D eigenvalue weighted by Crippen LogP contribution is 2.30. The predicted molar refractivity (Wildman–Crippen MR) is 109 cm³/mol. The van der Waals surface area contributed by atoms with E-state index < -0.39 is 0 Å². The zero-order valence-corrected chi connectivity index (χ0v) is 16.4. The van der Waals surface area contributed by atoms with Gasteiger partial charge in [0.05, 0.1) is 11.9 Å². The van der Waals surface area contributed by atoms with Gasteiger partial charge in [0.1, 0.15) is 5.03 Å². The first-order valence-corrected chi connectivity index (χ1v) is 10.2. The van der Waals surface area contributed by atoms with Crippen molar-refractivity contribution in [3.8, 4) is 11.3 Å². The number of fused-ring (bicyclic) bond motifs is 2. The van der Waals surface area contributed by atoms with Crippen molar-refractivity contribution in [2.24, 2.45) is 5.92 Å². The van der Waals surface area contributed by atoms with Crippen LogP contribution in [0.2, 0.25) is 0 Å². The van der Waals surface area contributed by atoms with E-state index in [-0.39, 0.29) is 11.8 Å². The molecular formula is C19H15N9OS. The summed E-state index contributed by atoms with van der Waals surface area (Å²) in [4.78, 5) is 16.4. The quantitative estimate of drug-likeness (QED) is 0.451. The standard InChI is InChI=1S/C19H15N9OS/c29-18(11-1-2-11)22-14-10-28-15(21-14)5-6-17(26-28)30-19-25-24-16-4-3-12(9-27(16)19)13-7-8-20-23-13/h3-11H,1-2H2,(H,20,23)(H,22,29). The van der Waals surface area contributed by atoms with Crippen LogP contribution in [-0.4, -0.2) is 45.3 Å². The Labute approximate surface area is 173 Å². The number of amides is 1. The number of hydrogen-bond acceptors (Lipinski definition) is 7. The molecule has 2 N–H and O–H groups in total. The van der Waals surface area contributed by atoms with Crippen molar-refractivity contribution in [3.05, 3.63) is 48.9 Å².